The maximum absolute atomic E-state index is 12.1. The number of amides is 2. The van der Waals surface area contributed by atoms with E-state index < -0.39 is 30.5 Å². The van der Waals surface area contributed by atoms with Crippen LogP contribution in [-0.4, -0.2) is 44.2 Å². The van der Waals surface area contributed by atoms with Crippen molar-refractivity contribution in [1.82, 2.24) is 10.9 Å². The van der Waals surface area contributed by atoms with E-state index in [-0.39, 0.29) is 12.2 Å². The Hall–Kier alpha value is -3.75. The van der Waals surface area contributed by atoms with E-state index >= 15 is 0 Å². The van der Waals surface area contributed by atoms with E-state index in [4.69, 9.17) is 18.9 Å². The highest BCUT2D eigenvalue weighted by Gasteiger charge is 2.27. The maximum atomic E-state index is 12.1. The third-order valence-electron chi connectivity index (χ3n) is 3.77. The first-order valence-corrected chi connectivity index (χ1v) is 8.35. The molecule has 9 nitrogen and oxygen atoms in total. The number of ether oxygens (including phenoxy) is 4. The third kappa shape index (κ3) is 4.70. The van der Waals surface area contributed by atoms with Crippen LogP contribution in [0.3, 0.4) is 0 Å². The molecule has 3 rings (SSSR count). The van der Waals surface area contributed by atoms with Crippen molar-refractivity contribution in [3.8, 4) is 17.2 Å². The fourth-order valence-corrected chi connectivity index (χ4v) is 2.36. The van der Waals surface area contributed by atoms with Crippen LogP contribution in [0.4, 0.5) is 0 Å². The summed E-state index contributed by atoms with van der Waals surface area (Å²) in [5, 5.41) is 0. The lowest BCUT2D eigenvalue weighted by Gasteiger charge is -2.25. The number of hydrogen-bond donors (Lipinski definition) is 2. The number of benzene rings is 2. The highest BCUT2D eigenvalue weighted by Crippen LogP contribution is 2.30. The lowest BCUT2D eigenvalue weighted by atomic mass is 10.2. The van der Waals surface area contributed by atoms with Crippen molar-refractivity contribution < 1.29 is 33.3 Å². The summed E-state index contributed by atoms with van der Waals surface area (Å²) in [5.41, 5.74) is 4.61. The molecule has 1 aliphatic heterocycles. The Bertz CT molecular complexity index is 884. The molecular formula is C19H18N2O7. The van der Waals surface area contributed by atoms with Crippen molar-refractivity contribution in [1.29, 1.82) is 0 Å². The second-order valence-electron chi connectivity index (χ2n) is 5.71. The second kappa shape index (κ2) is 8.76. The zero-order valence-corrected chi connectivity index (χ0v) is 15.0. The second-order valence-corrected chi connectivity index (χ2v) is 5.71. The summed E-state index contributed by atoms with van der Waals surface area (Å²) >= 11 is 0. The third-order valence-corrected chi connectivity index (χ3v) is 3.77. The zero-order chi connectivity index (χ0) is 19.9. The summed E-state index contributed by atoms with van der Waals surface area (Å²) in [6, 6.07) is 13.3. The minimum Gasteiger partial charge on any atom is -0.497 e. The minimum atomic E-state index is -0.922. The van der Waals surface area contributed by atoms with Crippen molar-refractivity contribution in [2.45, 2.75) is 6.10 Å². The summed E-state index contributed by atoms with van der Waals surface area (Å²) in [6.45, 7) is -0.565. The zero-order valence-electron chi connectivity index (χ0n) is 15.0. The van der Waals surface area contributed by atoms with Gasteiger partial charge in [-0.3, -0.25) is 20.4 Å². The Labute approximate surface area is 160 Å². The number of nitrogens with one attached hydrogen (secondary N) is 2. The quantitative estimate of drug-likeness (QED) is 0.578. The lowest BCUT2D eigenvalue weighted by molar-refractivity contribution is -0.135. The largest absolute Gasteiger partial charge is 0.497 e. The average Bonchev–Trinajstić information content (AvgIpc) is 2.75. The molecule has 146 valence electrons. The van der Waals surface area contributed by atoms with Crippen LogP contribution in [0.15, 0.2) is 48.5 Å². The van der Waals surface area contributed by atoms with E-state index in [2.05, 4.69) is 10.9 Å². The molecule has 0 bridgehead atoms. The van der Waals surface area contributed by atoms with Gasteiger partial charge in [0.25, 0.3) is 11.8 Å². The van der Waals surface area contributed by atoms with Gasteiger partial charge in [-0.15, -0.1) is 0 Å². The molecule has 2 N–H and O–H groups in total. The molecule has 1 heterocycles. The Balaban J connectivity index is 1.43. The van der Waals surface area contributed by atoms with E-state index in [9.17, 15) is 14.4 Å². The first-order valence-electron chi connectivity index (χ1n) is 8.35. The number of carbonyl (C=O) groups excluding carboxylic acids is 3. The van der Waals surface area contributed by atoms with E-state index in [0.717, 1.165) is 0 Å². The van der Waals surface area contributed by atoms with Gasteiger partial charge < -0.3 is 18.9 Å². The molecule has 28 heavy (non-hydrogen) atoms. The topological polar surface area (TPSA) is 112 Å². The lowest BCUT2D eigenvalue weighted by Crippen LogP contribution is -2.51. The van der Waals surface area contributed by atoms with Gasteiger partial charge in [-0.05, 0) is 30.3 Å². The molecule has 0 unspecified atom stereocenters. The molecule has 0 saturated carbocycles. The number of methoxy groups -OCH3 is 1. The van der Waals surface area contributed by atoms with E-state index in [1.807, 2.05) is 0 Å². The number of rotatable bonds is 5. The monoisotopic (exact) mass is 386 g/mol. The van der Waals surface area contributed by atoms with Crippen molar-refractivity contribution >= 4 is 17.8 Å². The van der Waals surface area contributed by atoms with Crippen LogP contribution < -0.4 is 25.1 Å². The van der Waals surface area contributed by atoms with E-state index in [1.165, 1.54) is 19.2 Å². The fraction of sp³-hybridized carbons (Fsp3) is 0.211. The predicted octanol–water partition coefficient (Wildman–Crippen LogP) is 0.839. The van der Waals surface area contributed by atoms with Crippen LogP contribution in [0, 0.1) is 0 Å². The highest BCUT2D eigenvalue weighted by atomic mass is 16.6. The van der Waals surface area contributed by atoms with Gasteiger partial charge >= 0.3 is 5.97 Å². The average molecular weight is 386 g/mol. The molecule has 0 aliphatic carbocycles. The van der Waals surface area contributed by atoms with Gasteiger partial charge in [0.1, 0.15) is 12.4 Å². The highest BCUT2D eigenvalue weighted by molar-refractivity contribution is 5.92. The normalized spacial score (nSPS) is 14.5. The molecule has 1 aliphatic rings. The van der Waals surface area contributed by atoms with Gasteiger partial charge in [0.2, 0.25) is 6.10 Å². The minimum absolute atomic E-state index is 0.00352. The summed E-state index contributed by atoms with van der Waals surface area (Å²) in [4.78, 5) is 35.8. The van der Waals surface area contributed by atoms with Gasteiger partial charge in [0.15, 0.2) is 18.1 Å². The fourth-order valence-electron chi connectivity index (χ4n) is 2.36. The number of fused-ring (bicyclic) bond motifs is 1. The van der Waals surface area contributed by atoms with Crippen LogP contribution in [0.2, 0.25) is 0 Å². The van der Waals surface area contributed by atoms with Crippen LogP contribution in [0.1, 0.15) is 10.4 Å². The SMILES string of the molecule is COc1cccc(C(=O)OCC(=O)NNC(=O)[C@@H]2COc3ccccc3O2)c1. The van der Waals surface area contributed by atoms with Gasteiger partial charge in [-0.2, -0.15) is 0 Å². The van der Waals surface area contributed by atoms with E-state index in [0.29, 0.717) is 17.2 Å². The molecule has 0 fully saturated rings. The standard InChI is InChI=1S/C19H18N2O7/c1-25-13-6-4-5-12(9-13)19(24)27-11-17(22)20-21-18(23)16-10-26-14-7-2-3-8-15(14)28-16/h2-9,16H,10-11H2,1H3,(H,20,22)(H,21,23)/t16-/m0/s1. The summed E-state index contributed by atoms with van der Waals surface area (Å²) in [7, 11) is 1.47. The maximum Gasteiger partial charge on any atom is 0.338 e. The molecule has 9 heteroatoms. The number of hydrogen-bond acceptors (Lipinski definition) is 7. The first-order chi connectivity index (χ1) is 13.6. The number of esters is 1. The van der Waals surface area contributed by atoms with Crippen LogP contribution >= 0.6 is 0 Å². The molecule has 0 radical (unpaired) electrons. The molecule has 1 atom stereocenters. The molecule has 2 aromatic carbocycles. The number of hydrazine groups is 1. The molecule has 0 spiro atoms. The van der Waals surface area contributed by atoms with Gasteiger partial charge in [-0.25, -0.2) is 4.79 Å². The molecular weight excluding hydrogens is 368 g/mol. The Kier molecular flexibility index (Phi) is 5.95. The van der Waals surface area contributed by atoms with Crippen LogP contribution in [-0.2, 0) is 14.3 Å². The van der Waals surface area contributed by atoms with Crippen molar-refractivity contribution in [2.24, 2.45) is 0 Å². The number of carbonyl (C=O) groups is 3. The summed E-state index contributed by atoms with van der Waals surface area (Å²) in [6.07, 6.45) is -0.922. The van der Waals surface area contributed by atoms with Gasteiger partial charge in [0.05, 0.1) is 12.7 Å². The van der Waals surface area contributed by atoms with Crippen molar-refractivity contribution in [3.05, 3.63) is 54.1 Å². The molecule has 2 aromatic rings. The Morgan fingerprint density at radius 3 is 2.64 bits per heavy atom. The van der Waals surface area contributed by atoms with E-state index in [1.54, 1.807) is 36.4 Å². The van der Waals surface area contributed by atoms with Crippen molar-refractivity contribution in [2.75, 3.05) is 20.3 Å². The predicted molar refractivity (Wildman–Crippen MR) is 95.9 cm³/mol. The number of para-hydroxylation sites is 2. The summed E-state index contributed by atoms with van der Waals surface area (Å²) < 4.78 is 20.9. The Morgan fingerprint density at radius 2 is 1.86 bits per heavy atom. The molecule has 2 amide bonds. The molecule has 0 saturated heterocycles. The van der Waals surface area contributed by atoms with Gasteiger partial charge in [-0.1, -0.05) is 18.2 Å². The molecule has 0 aromatic heterocycles. The Morgan fingerprint density at radius 1 is 1.07 bits per heavy atom. The van der Waals surface area contributed by atoms with Crippen molar-refractivity contribution in [3.63, 3.8) is 0 Å². The first kappa shape index (κ1) is 19.0. The van der Waals surface area contributed by atoms with Crippen LogP contribution in [0.25, 0.3) is 0 Å². The van der Waals surface area contributed by atoms with Gasteiger partial charge in [0, 0.05) is 0 Å². The summed E-state index contributed by atoms with van der Waals surface area (Å²) in [5.74, 6) is -0.528. The van der Waals surface area contributed by atoms with Crippen LogP contribution in [0.5, 0.6) is 17.2 Å². The smallest absolute Gasteiger partial charge is 0.338 e.